The first-order chi connectivity index (χ1) is 16.8. The zero-order chi connectivity index (χ0) is 25.2. The van der Waals surface area contributed by atoms with Crippen LogP contribution in [0.1, 0.15) is 26.4 Å². The Balaban J connectivity index is 1.62. The molecule has 0 fully saturated rings. The van der Waals surface area contributed by atoms with Crippen molar-refractivity contribution in [2.24, 2.45) is 0 Å². The van der Waals surface area contributed by atoms with Gasteiger partial charge in [-0.25, -0.2) is 0 Å². The molecule has 0 atom stereocenters. The number of ketones is 1. The smallest absolute Gasteiger partial charge is 0.274 e. The van der Waals surface area contributed by atoms with Crippen LogP contribution in [0.3, 0.4) is 0 Å². The van der Waals surface area contributed by atoms with E-state index in [4.69, 9.17) is 5.73 Å². The average molecular weight is 473 g/mol. The number of benzene rings is 2. The number of nitrogens with one attached hydrogen (secondary N) is 2. The molecule has 3 rings (SSSR count). The molecule has 8 heteroatoms. The first kappa shape index (κ1) is 25.5. The van der Waals surface area contributed by atoms with Crippen LogP contribution in [0.25, 0.3) is 0 Å². The van der Waals surface area contributed by atoms with Crippen molar-refractivity contribution in [1.82, 2.24) is 20.1 Å². The van der Waals surface area contributed by atoms with E-state index in [9.17, 15) is 9.59 Å². The number of nitrogen functional groups attached to an aromatic ring is 1. The van der Waals surface area contributed by atoms with Crippen LogP contribution in [0, 0.1) is 0 Å². The molecule has 8 nitrogen and oxygen atoms in total. The third kappa shape index (κ3) is 7.68. The first-order valence-electron chi connectivity index (χ1n) is 11.3. The van der Waals surface area contributed by atoms with Gasteiger partial charge in [0.15, 0.2) is 5.78 Å². The Labute approximate surface area is 206 Å². The lowest BCUT2D eigenvalue weighted by atomic mass is 10.1. The molecule has 182 valence electrons. The van der Waals surface area contributed by atoms with E-state index in [1.165, 1.54) is 0 Å². The first-order valence-corrected chi connectivity index (χ1v) is 11.3. The molecule has 0 aliphatic carbocycles. The lowest BCUT2D eigenvalue weighted by Gasteiger charge is -2.28. The summed E-state index contributed by atoms with van der Waals surface area (Å²) in [4.78, 5) is 33.5. The van der Waals surface area contributed by atoms with Crippen molar-refractivity contribution in [1.29, 1.82) is 0 Å². The minimum Gasteiger partial charge on any atom is -0.397 e. The number of hydrogen-bond acceptors (Lipinski definition) is 7. The highest BCUT2D eigenvalue weighted by Gasteiger charge is 2.14. The highest BCUT2D eigenvalue weighted by molar-refractivity contribution is 6.04. The predicted octanol–water partition coefficient (Wildman–Crippen LogP) is 3.22. The Hall–Kier alpha value is -4.17. The van der Waals surface area contributed by atoms with Crippen LogP contribution in [-0.4, -0.2) is 60.2 Å². The maximum atomic E-state index is 12.6. The van der Waals surface area contributed by atoms with Gasteiger partial charge in [0.2, 0.25) is 0 Å². The summed E-state index contributed by atoms with van der Waals surface area (Å²) >= 11 is 0. The van der Waals surface area contributed by atoms with E-state index in [2.05, 4.69) is 32.0 Å². The van der Waals surface area contributed by atoms with Crippen molar-refractivity contribution in [2.45, 2.75) is 6.54 Å². The highest BCUT2D eigenvalue weighted by atomic mass is 16.2. The van der Waals surface area contributed by atoms with E-state index in [1.807, 2.05) is 38.4 Å². The van der Waals surface area contributed by atoms with Gasteiger partial charge in [0.05, 0.1) is 23.7 Å². The zero-order valence-corrected chi connectivity index (χ0v) is 20.2. The van der Waals surface area contributed by atoms with Gasteiger partial charge in [0.1, 0.15) is 5.69 Å². The van der Waals surface area contributed by atoms with Gasteiger partial charge in [0.25, 0.3) is 5.91 Å². The minimum atomic E-state index is -0.329. The molecular formula is C27H32N6O2. The summed E-state index contributed by atoms with van der Waals surface area (Å²) in [5.41, 5.74) is 8.80. The SMILES string of the molecule is C=C(NCC(=O)c1ccccc1)N(CCN(C)C)Cc1ccc(C(=O)Nc2ccccc2N)nc1. The number of nitrogens with zero attached hydrogens (tertiary/aromatic N) is 3. The van der Waals surface area contributed by atoms with E-state index in [0.717, 1.165) is 12.1 Å². The molecule has 1 aromatic heterocycles. The molecule has 0 saturated carbocycles. The van der Waals surface area contributed by atoms with Gasteiger partial charge < -0.3 is 26.2 Å². The Kier molecular flexibility index (Phi) is 8.97. The number of nitrogens with two attached hydrogens (primary N) is 1. The fourth-order valence-electron chi connectivity index (χ4n) is 3.32. The van der Waals surface area contributed by atoms with Crippen LogP contribution in [0.5, 0.6) is 0 Å². The molecule has 0 aliphatic heterocycles. The van der Waals surface area contributed by atoms with Crippen LogP contribution < -0.4 is 16.4 Å². The maximum Gasteiger partial charge on any atom is 0.274 e. The number of carbonyl (C=O) groups excluding carboxylic acids is 2. The molecule has 0 aliphatic rings. The van der Waals surface area contributed by atoms with Gasteiger partial charge in [-0.2, -0.15) is 0 Å². The summed E-state index contributed by atoms with van der Waals surface area (Å²) in [6.45, 7) is 6.33. The topological polar surface area (TPSA) is 104 Å². The molecular weight excluding hydrogens is 440 g/mol. The van der Waals surface area contributed by atoms with Gasteiger partial charge in [-0.1, -0.05) is 55.1 Å². The quantitative estimate of drug-likeness (QED) is 0.275. The van der Waals surface area contributed by atoms with Crippen LogP contribution >= 0.6 is 0 Å². The van der Waals surface area contributed by atoms with Gasteiger partial charge in [0, 0.05) is 31.4 Å². The molecule has 0 saturated heterocycles. The van der Waals surface area contributed by atoms with Gasteiger partial charge in [-0.3, -0.25) is 14.6 Å². The number of hydrogen-bond donors (Lipinski definition) is 3. The third-order valence-electron chi connectivity index (χ3n) is 5.39. The third-order valence-corrected chi connectivity index (χ3v) is 5.39. The number of pyridine rings is 1. The largest absolute Gasteiger partial charge is 0.397 e. The minimum absolute atomic E-state index is 0.00426. The second kappa shape index (κ2) is 12.3. The molecule has 35 heavy (non-hydrogen) atoms. The predicted molar refractivity (Wildman–Crippen MR) is 140 cm³/mol. The molecule has 0 radical (unpaired) electrons. The van der Waals surface area contributed by atoms with Gasteiger partial charge >= 0.3 is 0 Å². The maximum absolute atomic E-state index is 12.6. The monoisotopic (exact) mass is 472 g/mol. The molecule has 3 aromatic rings. The van der Waals surface area contributed by atoms with Crippen LogP contribution in [0.2, 0.25) is 0 Å². The molecule has 0 bridgehead atoms. The number of aromatic nitrogens is 1. The Morgan fingerprint density at radius 1 is 0.971 bits per heavy atom. The zero-order valence-electron chi connectivity index (χ0n) is 20.2. The molecule has 4 N–H and O–H groups in total. The number of rotatable bonds is 12. The van der Waals surface area contributed by atoms with Crippen molar-refractivity contribution in [2.75, 3.05) is 44.8 Å². The van der Waals surface area contributed by atoms with E-state index < -0.39 is 0 Å². The van der Waals surface area contributed by atoms with E-state index in [1.54, 1.807) is 48.7 Å². The second-order valence-electron chi connectivity index (χ2n) is 8.41. The summed E-state index contributed by atoms with van der Waals surface area (Å²) in [5.74, 6) is 0.317. The van der Waals surface area contributed by atoms with Gasteiger partial charge in [-0.05, 0) is 37.9 Å². The Bertz CT molecular complexity index is 1150. The summed E-state index contributed by atoms with van der Waals surface area (Å²) in [7, 11) is 4.00. The molecule has 0 spiro atoms. The lowest BCUT2D eigenvalue weighted by Crippen LogP contribution is -2.37. The number of Topliss-reactive ketones (excluding diaryl/α,β-unsaturated/α-hetero) is 1. The standard InChI is InChI=1S/C27H32N6O2/c1-20(29-18-26(34)22-9-5-4-6-10-22)33(16-15-32(2)3)19-21-13-14-25(30-17-21)27(35)31-24-12-8-7-11-23(24)28/h4-14,17,29H,1,15-16,18-19,28H2,2-3H3,(H,31,35). The summed E-state index contributed by atoms with van der Waals surface area (Å²) in [6.07, 6.45) is 1.67. The molecule has 1 heterocycles. The summed E-state index contributed by atoms with van der Waals surface area (Å²) < 4.78 is 0. The number of para-hydroxylation sites is 2. The van der Waals surface area contributed by atoms with Crippen molar-refractivity contribution in [3.05, 3.63) is 102 Å². The van der Waals surface area contributed by atoms with Crippen molar-refractivity contribution < 1.29 is 9.59 Å². The second-order valence-corrected chi connectivity index (χ2v) is 8.41. The summed E-state index contributed by atoms with van der Waals surface area (Å²) in [5, 5.41) is 5.93. The molecule has 1 amide bonds. The molecule has 2 aromatic carbocycles. The van der Waals surface area contributed by atoms with Crippen LogP contribution in [0.4, 0.5) is 11.4 Å². The fraction of sp³-hybridized carbons (Fsp3) is 0.222. The van der Waals surface area contributed by atoms with E-state index in [-0.39, 0.29) is 18.2 Å². The fourth-order valence-corrected chi connectivity index (χ4v) is 3.32. The van der Waals surface area contributed by atoms with E-state index in [0.29, 0.717) is 41.5 Å². The van der Waals surface area contributed by atoms with Crippen LogP contribution in [-0.2, 0) is 6.54 Å². The van der Waals surface area contributed by atoms with E-state index >= 15 is 0 Å². The Morgan fingerprint density at radius 2 is 1.69 bits per heavy atom. The van der Waals surface area contributed by atoms with Crippen molar-refractivity contribution in [3.63, 3.8) is 0 Å². The summed E-state index contributed by atoms with van der Waals surface area (Å²) in [6, 6.07) is 19.8. The lowest BCUT2D eigenvalue weighted by molar-refractivity contribution is 0.0988. The number of anilines is 2. The molecule has 0 unspecified atom stereocenters. The average Bonchev–Trinajstić information content (AvgIpc) is 2.87. The van der Waals surface area contributed by atoms with Crippen molar-refractivity contribution >= 4 is 23.1 Å². The normalized spacial score (nSPS) is 10.6. The Morgan fingerprint density at radius 3 is 2.34 bits per heavy atom. The number of carbonyl (C=O) groups is 2. The van der Waals surface area contributed by atoms with Gasteiger partial charge in [-0.15, -0.1) is 0 Å². The number of amides is 1. The van der Waals surface area contributed by atoms with Crippen molar-refractivity contribution in [3.8, 4) is 0 Å². The number of likely N-dealkylation sites (N-methyl/N-ethyl adjacent to an activating group) is 1. The van der Waals surface area contributed by atoms with Crippen LogP contribution in [0.15, 0.2) is 85.3 Å². The highest BCUT2D eigenvalue weighted by Crippen LogP contribution is 2.17.